The highest BCUT2D eigenvalue weighted by Crippen LogP contribution is 2.24. The highest BCUT2D eigenvalue weighted by atomic mass is 16.4. The summed E-state index contributed by atoms with van der Waals surface area (Å²) in [5, 5.41) is 22.4. The molecular weight excluding hydrogens is 246 g/mol. The average molecular weight is 259 g/mol. The summed E-state index contributed by atoms with van der Waals surface area (Å²) in [4.78, 5) is 21.7. The summed E-state index contributed by atoms with van der Waals surface area (Å²) in [5.41, 5.74) is 0.617. The minimum atomic E-state index is -1.18. The van der Waals surface area contributed by atoms with E-state index in [1.807, 2.05) is 30.3 Å². The van der Waals surface area contributed by atoms with Crippen molar-refractivity contribution in [1.82, 2.24) is 0 Å². The molecule has 98 valence electrons. The SMILES string of the molecule is O=C(O)CC(Nc1cccc2ccccc12)C(=O)O. The predicted molar refractivity (Wildman–Crippen MR) is 71.2 cm³/mol. The van der Waals surface area contributed by atoms with Crippen molar-refractivity contribution in [2.45, 2.75) is 12.5 Å². The van der Waals surface area contributed by atoms with Crippen molar-refractivity contribution in [3.8, 4) is 0 Å². The first kappa shape index (κ1) is 12.9. The summed E-state index contributed by atoms with van der Waals surface area (Å²) in [5.74, 6) is -2.34. The van der Waals surface area contributed by atoms with Crippen LogP contribution in [0.5, 0.6) is 0 Å². The molecule has 2 rings (SSSR count). The van der Waals surface area contributed by atoms with Crippen LogP contribution in [0.3, 0.4) is 0 Å². The number of carboxylic acids is 2. The van der Waals surface area contributed by atoms with E-state index in [1.165, 1.54) is 0 Å². The third-order valence-corrected chi connectivity index (χ3v) is 2.80. The number of rotatable bonds is 5. The number of carbonyl (C=O) groups is 2. The van der Waals surface area contributed by atoms with Crippen molar-refractivity contribution >= 4 is 28.4 Å². The standard InChI is InChI=1S/C14H13NO4/c16-13(17)8-12(14(18)19)15-11-7-3-5-9-4-1-2-6-10(9)11/h1-7,12,15H,8H2,(H,16,17)(H,18,19). The summed E-state index contributed by atoms with van der Waals surface area (Å²) < 4.78 is 0. The van der Waals surface area contributed by atoms with Gasteiger partial charge in [0.1, 0.15) is 6.04 Å². The molecule has 0 bridgehead atoms. The summed E-state index contributed by atoms with van der Waals surface area (Å²) in [6, 6.07) is 11.8. The summed E-state index contributed by atoms with van der Waals surface area (Å²) in [7, 11) is 0. The van der Waals surface area contributed by atoms with Gasteiger partial charge in [-0.25, -0.2) is 4.79 Å². The van der Waals surface area contributed by atoms with E-state index >= 15 is 0 Å². The smallest absolute Gasteiger partial charge is 0.326 e. The molecule has 1 atom stereocenters. The number of fused-ring (bicyclic) bond motifs is 1. The van der Waals surface area contributed by atoms with E-state index < -0.39 is 24.4 Å². The van der Waals surface area contributed by atoms with Crippen LogP contribution in [0.4, 0.5) is 5.69 Å². The van der Waals surface area contributed by atoms with E-state index in [0.29, 0.717) is 5.69 Å². The van der Waals surface area contributed by atoms with Crippen molar-refractivity contribution < 1.29 is 19.8 Å². The molecule has 1 unspecified atom stereocenters. The Morgan fingerprint density at radius 3 is 2.42 bits per heavy atom. The first-order chi connectivity index (χ1) is 9.08. The van der Waals surface area contributed by atoms with E-state index in [0.717, 1.165) is 10.8 Å². The van der Waals surface area contributed by atoms with E-state index in [-0.39, 0.29) is 0 Å². The molecule has 0 spiro atoms. The Bertz CT molecular complexity index is 618. The zero-order valence-electron chi connectivity index (χ0n) is 10.0. The van der Waals surface area contributed by atoms with Gasteiger partial charge in [-0.3, -0.25) is 4.79 Å². The molecule has 0 amide bonds. The van der Waals surface area contributed by atoms with Crippen LogP contribution in [-0.4, -0.2) is 28.2 Å². The molecule has 5 nitrogen and oxygen atoms in total. The monoisotopic (exact) mass is 259 g/mol. The molecule has 3 N–H and O–H groups in total. The molecular formula is C14H13NO4. The fraction of sp³-hybridized carbons (Fsp3) is 0.143. The molecule has 0 aliphatic carbocycles. The fourth-order valence-corrected chi connectivity index (χ4v) is 1.91. The lowest BCUT2D eigenvalue weighted by atomic mass is 10.1. The Kier molecular flexibility index (Phi) is 3.66. The Labute approximate surface area is 109 Å². The molecule has 0 fully saturated rings. The van der Waals surface area contributed by atoms with Crippen LogP contribution in [0.25, 0.3) is 10.8 Å². The molecule has 2 aromatic rings. The molecule has 0 aromatic heterocycles. The van der Waals surface area contributed by atoms with Gasteiger partial charge in [-0.15, -0.1) is 0 Å². The number of hydrogen-bond acceptors (Lipinski definition) is 3. The normalized spacial score (nSPS) is 12.0. The molecule has 19 heavy (non-hydrogen) atoms. The zero-order valence-corrected chi connectivity index (χ0v) is 10.0. The van der Waals surface area contributed by atoms with Gasteiger partial charge in [0.25, 0.3) is 0 Å². The van der Waals surface area contributed by atoms with Crippen LogP contribution in [0, 0.1) is 0 Å². The molecule has 0 heterocycles. The maximum Gasteiger partial charge on any atom is 0.326 e. The Hall–Kier alpha value is -2.56. The van der Waals surface area contributed by atoms with E-state index in [4.69, 9.17) is 10.2 Å². The van der Waals surface area contributed by atoms with E-state index in [1.54, 1.807) is 12.1 Å². The van der Waals surface area contributed by atoms with Crippen LogP contribution in [0.2, 0.25) is 0 Å². The Morgan fingerprint density at radius 2 is 1.74 bits per heavy atom. The highest BCUT2D eigenvalue weighted by molar-refractivity contribution is 5.95. The highest BCUT2D eigenvalue weighted by Gasteiger charge is 2.21. The number of benzene rings is 2. The van der Waals surface area contributed by atoms with Gasteiger partial charge in [-0.2, -0.15) is 0 Å². The lowest BCUT2D eigenvalue weighted by Gasteiger charge is -2.15. The van der Waals surface area contributed by atoms with Crippen LogP contribution in [-0.2, 0) is 9.59 Å². The molecule has 0 aliphatic rings. The van der Waals surface area contributed by atoms with E-state index in [2.05, 4.69) is 5.32 Å². The fourth-order valence-electron chi connectivity index (χ4n) is 1.91. The molecule has 0 radical (unpaired) electrons. The molecule has 0 saturated heterocycles. The zero-order chi connectivity index (χ0) is 13.8. The minimum Gasteiger partial charge on any atom is -0.481 e. The minimum absolute atomic E-state index is 0.474. The Balaban J connectivity index is 2.33. The van der Waals surface area contributed by atoms with Crippen molar-refractivity contribution in [3.05, 3.63) is 42.5 Å². The lowest BCUT2D eigenvalue weighted by Crippen LogP contribution is -2.31. The van der Waals surface area contributed by atoms with Gasteiger partial charge in [0.05, 0.1) is 6.42 Å². The summed E-state index contributed by atoms with van der Waals surface area (Å²) in [6.07, 6.45) is -0.474. The van der Waals surface area contributed by atoms with Gasteiger partial charge in [-0.05, 0) is 11.5 Å². The second kappa shape index (κ2) is 5.39. The molecule has 0 saturated carbocycles. The maximum absolute atomic E-state index is 11.0. The maximum atomic E-state index is 11.0. The molecule has 5 heteroatoms. The second-order valence-corrected chi connectivity index (χ2v) is 4.16. The van der Waals surface area contributed by atoms with Gasteiger partial charge in [-0.1, -0.05) is 36.4 Å². The van der Waals surface area contributed by atoms with E-state index in [9.17, 15) is 9.59 Å². The number of aliphatic carboxylic acids is 2. The quantitative estimate of drug-likeness (QED) is 0.766. The van der Waals surface area contributed by atoms with Crippen LogP contribution in [0.1, 0.15) is 6.42 Å². The van der Waals surface area contributed by atoms with Crippen molar-refractivity contribution in [2.24, 2.45) is 0 Å². The summed E-state index contributed by atoms with van der Waals surface area (Å²) in [6.45, 7) is 0. The summed E-state index contributed by atoms with van der Waals surface area (Å²) >= 11 is 0. The van der Waals surface area contributed by atoms with Gasteiger partial charge in [0.2, 0.25) is 0 Å². The van der Waals surface area contributed by atoms with Crippen LogP contribution < -0.4 is 5.32 Å². The molecule has 0 aliphatic heterocycles. The number of carboxylic acid groups (broad SMARTS) is 2. The van der Waals surface area contributed by atoms with Crippen LogP contribution >= 0.6 is 0 Å². The first-order valence-corrected chi connectivity index (χ1v) is 5.77. The molecule has 2 aromatic carbocycles. The number of hydrogen-bond donors (Lipinski definition) is 3. The third kappa shape index (κ3) is 3.01. The van der Waals surface area contributed by atoms with Gasteiger partial charge in [0, 0.05) is 11.1 Å². The van der Waals surface area contributed by atoms with Gasteiger partial charge < -0.3 is 15.5 Å². The largest absolute Gasteiger partial charge is 0.481 e. The topological polar surface area (TPSA) is 86.6 Å². The van der Waals surface area contributed by atoms with Crippen molar-refractivity contribution in [1.29, 1.82) is 0 Å². The predicted octanol–water partition coefficient (Wildman–Crippen LogP) is 2.18. The van der Waals surface area contributed by atoms with Gasteiger partial charge in [0.15, 0.2) is 0 Å². The lowest BCUT2D eigenvalue weighted by molar-refractivity contribution is -0.144. The number of anilines is 1. The van der Waals surface area contributed by atoms with Crippen LogP contribution in [0.15, 0.2) is 42.5 Å². The Morgan fingerprint density at radius 1 is 1.05 bits per heavy atom. The third-order valence-electron chi connectivity index (χ3n) is 2.80. The number of nitrogens with one attached hydrogen (secondary N) is 1. The second-order valence-electron chi connectivity index (χ2n) is 4.16. The first-order valence-electron chi connectivity index (χ1n) is 5.77. The van der Waals surface area contributed by atoms with Crippen molar-refractivity contribution in [2.75, 3.05) is 5.32 Å². The van der Waals surface area contributed by atoms with Gasteiger partial charge >= 0.3 is 11.9 Å². The van der Waals surface area contributed by atoms with Crippen molar-refractivity contribution in [3.63, 3.8) is 0 Å². The average Bonchev–Trinajstić information content (AvgIpc) is 2.37.